The van der Waals surface area contributed by atoms with Gasteiger partial charge in [-0.25, -0.2) is 0 Å². The van der Waals surface area contributed by atoms with Crippen LogP contribution in [0.1, 0.15) is 131 Å². The number of phenols is 2. The molecule has 5 aliphatic rings. The Kier molecular flexibility index (Phi) is 27.7. The van der Waals surface area contributed by atoms with E-state index in [2.05, 4.69) is 71.5 Å². The van der Waals surface area contributed by atoms with Gasteiger partial charge in [-0.3, -0.25) is 0 Å². The number of ether oxygens (including phenoxy) is 1. The van der Waals surface area contributed by atoms with Gasteiger partial charge in [0, 0.05) is 0 Å². The van der Waals surface area contributed by atoms with E-state index in [-0.39, 0.29) is 111 Å². The Hall–Kier alpha value is -11.2. The molecule has 0 radical (unpaired) electrons. The normalized spacial score (nSPS) is 15.0. The Morgan fingerprint density at radius 3 is 1.23 bits per heavy atom. The number of rotatable bonds is 20. The van der Waals surface area contributed by atoms with Crippen LogP contribution in [0.3, 0.4) is 0 Å². The molecule has 0 saturated carbocycles. The van der Waals surface area contributed by atoms with Gasteiger partial charge in [-0.15, -0.1) is 0 Å². The Bertz CT molecular complexity index is 6070. The number of anilines is 4. The molecule has 620 valence electrons. The fourth-order valence-corrected chi connectivity index (χ4v) is 22.9. The van der Waals surface area contributed by atoms with E-state index in [0.29, 0.717) is 74.6 Å². The third kappa shape index (κ3) is 20.7. The van der Waals surface area contributed by atoms with Gasteiger partial charge in [-0.05, 0) is 0 Å². The number of carbonyl (C=O) groups excluding carboxylic acids is 6. The number of likely N-dealkylation sites (tertiary alicyclic amines) is 1. The van der Waals surface area contributed by atoms with E-state index in [1.54, 1.807) is 86.8 Å². The summed E-state index contributed by atoms with van der Waals surface area (Å²) in [5, 5.41) is 55.2. The van der Waals surface area contributed by atoms with Crippen LogP contribution in [0.15, 0.2) is 168 Å². The molecule has 0 unspecified atom stereocenters. The number of aryl methyl sites for hydroxylation is 4. The van der Waals surface area contributed by atoms with Crippen LogP contribution >= 0.6 is 15.9 Å². The molecule has 10 N–H and O–H groups in total. The van der Waals surface area contributed by atoms with Crippen molar-refractivity contribution in [3.05, 3.63) is 254 Å². The number of nitrogens with one attached hydrogen (secondary N) is 6. The van der Waals surface area contributed by atoms with Crippen molar-refractivity contribution < 1.29 is 76.7 Å². The number of carboxylic acid groups (broad SMARTS) is 2. The Morgan fingerprint density at radius 1 is 0.471 bits per heavy atom. The summed E-state index contributed by atoms with van der Waals surface area (Å²) in [6, 6.07) is 46.4. The number of halogens is 4. The second-order valence-electron chi connectivity index (χ2n) is 28.7. The maximum absolute atomic E-state index is 12.8. The number of carbonyl (C=O) groups is 8. The molecule has 21 nitrogen and oxygen atoms in total. The molecule has 121 heavy (non-hydrogen) atoms. The molecule has 1 saturated heterocycles. The zero-order chi connectivity index (χ0) is 86.3. The van der Waals surface area contributed by atoms with Gasteiger partial charge in [-0.1, -0.05) is 0 Å². The van der Waals surface area contributed by atoms with Crippen molar-refractivity contribution in [1.29, 1.82) is 0 Å². The van der Waals surface area contributed by atoms with Crippen molar-refractivity contribution in [3.8, 4) is 50.6 Å². The van der Waals surface area contributed by atoms with Gasteiger partial charge in [0.15, 0.2) is 0 Å². The third-order valence-electron chi connectivity index (χ3n) is 20.8. The van der Waals surface area contributed by atoms with Gasteiger partial charge >= 0.3 is 720 Å². The van der Waals surface area contributed by atoms with Gasteiger partial charge in [0.2, 0.25) is 0 Å². The molecule has 4 aromatic heterocycles. The van der Waals surface area contributed by atoms with E-state index in [9.17, 15) is 66.8 Å². The van der Waals surface area contributed by atoms with Crippen molar-refractivity contribution in [3.63, 3.8) is 0 Å². The van der Waals surface area contributed by atoms with Gasteiger partial charge in [0.05, 0.1) is 0 Å². The molecule has 0 atom stereocenters. The van der Waals surface area contributed by atoms with Crippen LogP contribution in [0.25, 0.3) is 80.0 Å². The predicted octanol–water partition coefficient (Wildman–Crippen LogP) is 15.7. The second-order valence-corrected chi connectivity index (χ2v) is 40.4. The molecule has 16 rings (SSSR count). The summed E-state index contributed by atoms with van der Waals surface area (Å²) >= 11 is 3.17. The van der Waals surface area contributed by atoms with Crippen molar-refractivity contribution in [2.75, 3.05) is 80.7 Å². The summed E-state index contributed by atoms with van der Waals surface area (Å²) < 4.78 is 52.1. The first-order chi connectivity index (χ1) is 57.9. The third-order valence-corrected chi connectivity index (χ3v) is 29.6. The molecule has 7 aromatic carbocycles. The number of aromatic carboxylic acids is 2. The Morgan fingerprint density at radius 2 is 0.826 bits per heavy atom. The van der Waals surface area contributed by atoms with Crippen molar-refractivity contribution in [2.24, 2.45) is 0 Å². The number of hydrogen-bond donors (Lipinski definition) is 10. The van der Waals surface area contributed by atoms with Crippen LogP contribution in [0, 0.1) is 27.7 Å². The van der Waals surface area contributed by atoms with Gasteiger partial charge < -0.3 is 0 Å². The number of fused-ring (bicyclic) bond motifs is 4. The van der Waals surface area contributed by atoms with E-state index in [1.807, 2.05) is 112 Å². The number of alkyl halides is 3. The van der Waals surface area contributed by atoms with Crippen LogP contribution in [-0.2, 0) is 25.4 Å². The van der Waals surface area contributed by atoms with Crippen LogP contribution in [0.2, 0.25) is 0 Å². The van der Waals surface area contributed by atoms with Crippen LogP contribution < -0.4 is 36.6 Å². The Balaban J connectivity index is 0.000000141. The molecule has 6 amide bonds. The zero-order valence-corrected chi connectivity index (χ0v) is 74.9. The van der Waals surface area contributed by atoms with Crippen molar-refractivity contribution in [2.45, 2.75) is 60.6 Å². The standard InChI is InChI=1S/C28H31N3O4Se.C27H27N3O3Se.C22H14F3NO3Se.C15H10BrNO3Se/c1-5-31(6-2)12-11-29-27(33)23-15-20(36-17(23)3)16-24-22-9-7-18(13-25(22)30-28(24)34)21-10-8-19(32)14-26(21)35-4;1-17-23(26(32)28-10-13-30-11-2-3-12-30)15-21(34-17)16-24-22-9-6-19(14-25(22)29-27(24)33)18-4-7-20(31)8-5-18;1-11-17(21(28)29)9-15(30-11)10-18-16-7-4-13(8-19(16)26-20(18)27)12-2-5-14(6-3-12)22(23,24)25;1-7-11(15(19)20)5-9(21-7)6-12-10-3-2-8(16)4-13(10)17-14(12)18/h7-10,13-16,32H,5-6,11-12H2,1-4H3,(H,29,33)(H,30,34);4-9,14-16,31H,2-3,10-13H2,1H3,(H,28,32)(H,29,33);2-10H,1H3,(H,26,27)(H,28,29);2-6H,1H3,(H,17,18)(H,19,20)/b2*24-16-;18-10-;12-6-. The van der Waals surface area contributed by atoms with E-state index < -0.39 is 23.7 Å². The molecule has 5 aliphatic heterocycles. The minimum atomic E-state index is -4.39. The van der Waals surface area contributed by atoms with Crippen molar-refractivity contribution >= 4 is 191 Å². The van der Waals surface area contributed by atoms with Gasteiger partial charge in [-0.2, -0.15) is 13.2 Å². The first-order valence-electron chi connectivity index (χ1n) is 38.5. The molecule has 29 heteroatoms. The number of likely N-dealkylation sites (N-methyl/N-ethyl adjacent to an activating group) is 1. The second kappa shape index (κ2) is 38.3. The number of carboxylic acids is 2. The summed E-state index contributed by atoms with van der Waals surface area (Å²) in [6.45, 7) is 19.0. The number of phenolic OH excluding ortho intramolecular Hbond substituents is 2. The number of nitrogens with zero attached hydrogens (tertiary/aromatic N) is 2. The number of methoxy groups -OCH3 is 1. The first-order valence-corrected chi connectivity index (χ1v) is 46.1. The molecule has 0 aliphatic carbocycles. The SMILES string of the molecule is CCN(CC)CCNC(=O)c1cc(/C=C2\C(=O)Nc3cc(-c4ccc(O)cc4OC)ccc32)[se]c1C.Cc1[se]c(/C=C2\C(=O)Nc3cc(-c4ccc(C(F)(F)F)cc4)ccc32)cc1C(=O)O.Cc1[se]c(/C=C2\C(=O)Nc3cc(-c4ccc(O)cc4)ccc32)cc1C(=O)NCCN1CCCC1.Cc1[se]c(/C=C2\C(=O)Nc3cc(Br)ccc32)cc1C(=O)O. The van der Waals surface area contributed by atoms with E-state index in [0.717, 1.165) is 153 Å². The summed E-state index contributed by atoms with van der Waals surface area (Å²) in [7, 11) is 1.56. The predicted molar refractivity (Wildman–Crippen MR) is 475 cm³/mol. The molecule has 9 heterocycles. The number of aromatic hydroxyl groups is 2. The van der Waals surface area contributed by atoms with Gasteiger partial charge in [0.1, 0.15) is 0 Å². The van der Waals surface area contributed by atoms with Gasteiger partial charge in [0.25, 0.3) is 0 Å². The molecular formula is C92H82BrF3N8O13Se4. The summed E-state index contributed by atoms with van der Waals surface area (Å²) in [4.78, 5) is 103. The van der Waals surface area contributed by atoms with Crippen LogP contribution in [-0.4, -0.2) is 195 Å². The molecule has 0 spiro atoms. The summed E-state index contributed by atoms with van der Waals surface area (Å²) in [5.74, 6) is -1.82. The fraction of sp³-hybridized carbons (Fsp3) is 0.196. The molecule has 1 fully saturated rings. The monoisotopic (exact) mass is 1960 g/mol. The van der Waals surface area contributed by atoms with E-state index >= 15 is 0 Å². The summed E-state index contributed by atoms with van der Waals surface area (Å²) in [6.07, 6.45) is 5.44. The topological polar surface area (TPSA) is 305 Å². The quantitative estimate of drug-likeness (QED) is 0.0251. The Labute approximate surface area is 727 Å². The number of benzene rings is 7. The minimum absolute atomic E-state index is 0.0130. The maximum atomic E-state index is 12.8. The molecule has 11 aromatic rings. The molecule has 0 bridgehead atoms. The van der Waals surface area contributed by atoms with Crippen molar-refractivity contribution in [1.82, 2.24) is 20.4 Å². The van der Waals surface area contributed by atoms with Crippen LogP contribution in [0.5, 0.6) is 17.2 Å². The van der Waals surface area contributed by atoms with E-state index in [4.69, 9.17) is 9.84 Å². The average molecular weight is 1960 g/mol. The zero-order valence-electron chi connectivity index (χ0n) is 66.5. The summed E-state index contributed by atoms with van der Waals surface area (Å²) in [5.41, 5.74) is 14.5. The fourth-order valence-electron chi connectivity index (χ4n) is 14.4. The number of hydrogen-bond acceptors (Lipinski definition) is 13. The van der Waals surface area contributed by atoms with Crippen LogP contribution in [0.4, 0.5) is 35.9 Å². The first kappa shape index (κ1) is 87.7. The van der Waals surface area contributed by atoms with E-state index in [1.165, 1.54) is 25.0 Å². The average Bonchev–Trinajstić information content (AvgIpc) is 1.56. The number of amides is 6. The molecular weight excluding hydrogens is 1880 g/mol.